The Morgan fingerprint density at radius 1 is 1.04 bits per heavy atom. The molecule has 0 aliphatic carbocycles. The number of fused-ring (bicyclic) bond motifs is 1. The first-order chi connectivity index (χ1) is 11.8. The van der Waals surface area contributed by atoms with Crippen molar-refractivity contribution in [3.63, 3.8) is 0 Å². The Labute approximate surface area is 144 Å². The molecule has 3 aromatic rings. The lowest BCUT2D eigenvalue weighted by atomic mass is 10.0. The number of hydrogen-bond acceptors (Lipinski definition) is 2. The van der Waals surface area contributed by atoms with Gasteiger partial charge in [-0.25, -0.2) is 13.6 Å². The number of aryl methyl sites for hydroxylation is 2. The van der Waals surface area contributed by atoms with Crippen LogP contribution in [0.15, 0.2) is 45.6 Å². The quantitative estimate of drug-likeness (QED) is 0.736. The van der Waals surface area contributed by atoms with Crippen LogP contribution in [0.1, 0.15) is 35.2 Å². The van der Waals surface area contributed by atoms with E-state index < -0.39 is 11.6 Å². The van der Waals surface area contributed by atoms with E-state index in [9.17, 15) is 13.6 Å². The van der Waals surface area contributed by atoms with Crippen LogP contribution < -0.4 is 10.9 Å². The summed E-state index contributed by atoms with van der Waals surface area (Å²) in [5.41, 5.74) is 3.92. The van der Waals surface area contributed by atoms with Crippen molar-refractivity contribution in [1.82, 2.24) is 0 Å². The first kappa shape index (κ1) is 17.3. The number of halogens is 2. The van der Waals surface area contributed by atoms with Gasteiger partial charge in [0.15, 0.2) is 11.6 Å². The van der Waals surface area contributed by atoms with Gasteiger partial charge in [-0.1, -0.05) is 0 Å². The molecule has 3 rings (SSSR count). The van der Waals surface area contributed by atoms with E-state index in [-0.39, 0.29) is 11.7 Å². The monoisotopic (exact) mass is 344 g/mol. The van der Waals surface area contributed by atoms with Crippen molar-refractivity contribution in [3.05, 3.63) is 80.7 Å². The summed E-state index contributed by atoms with van der Waals surface area (Å²) >= 11 is 0. The van der Waals surface area contributed by atoms with Crippen molar-refractivity contribution >= 4 is 11.0 Å². The highest BCUT2D eigenvalue weighted by molar-refractivity contribution is 5.81. The van der Waals surface area contributed by atoms with Crippen molar-refractivity contribution in [1.29, 1.82) is 0 Å². The van der Waals surface area contributed by atoms with Gasteiger partial charge in [-0.3, -0.25) is 0 Å². The van der Waals surface area contributed by atoms with Crippen LogP contribution >= 0.6 is 0 Å². The fraction of sp³-hybridized carbons (Fsp3) is 0.250. The third kappa shape index (κ3) is 3.61. The molecule has 0 aliphatic heterocycles. The Balaban J connectivity index is 1.88. The van der Waals surface area contributed by atoms with Crippen molar-refractivity contribution in [2.24, 2.45) is 0 Å². The molecule has 0 aliphatic rings. The lowest BCUT2D eigenvalue weighted by Crippen LogP contribution is -2.83. The zero-order chi connectivity index (χ0) is 18.1. The van der Waals surface area contributed by atoms with Gasteiger partial charge in [0.05, 0.1) is 0 Å². The molecule has 5 heteroatoms. The average molecular weight is 344 g/mol. The molecule has 0 unspecified atom stereocenters. The summed E-state index contributed by atoms with van der Waals surface area (Å²) < 4.78 is 31.8. The van der Waals surface area contributed by atoms with E-state index in [2.05, 4.69) is 0 Å². The Bertz CT molecular complexity index is 995. The normalized spacial score (nSPS) is 12.5. The fourth-order valence-corrected chi connectivity index (χ4v) is 2.89. The molecule has 2 N–H and O–H groups in total. The van der Waals surface area contributed by atoms with Gasteiger partial charge in [0.25, 0.3) is 0 Å². The first-order valence-electron chi connectivity index (χ1n) is 8.17. The van der Waals surface area contributed by atoms with Gasteiger partial charge in [-0.2, -0.15) is 0 Å². The molecule has 3 nitrogen and oxygen atoms in total. The van der Waals surface area contributed by atoms with Crippen LogP contribution in [-0.2, 0) is 6.54 Å². The second kappa shape index (κ2) is 6.76. The molecule has 0 saturated carbocycles. The number of nitrogens with two attached hydrogens (primary N) is 1. The number of hydrogen-bond donors (Lipinski definition) is 1. The molecule has 0 fully saturated rings. The average Bonchev–Trinajstić information content (AvgIpc) is 2.56. The van der Waals surface area contributed by atoms with E-state index in [1.54, 1.807) is 6.07 Å². The van der Waals surface area contributed by atoms with Gasteiger partial charge in [0.2, 0.25) is 0 Å². The maximum absolute atomic E-state index is 13.4. The molecule has 25 heavy (non-hydrogen) atoms. The fourth-order valence-electron chi connectivity index (χ4n) is 2.89. The third-order valence-corrected chi connectivity index (χ3v) is 4.61. The Kier molecular flexibility index (Phi) is 4.68. The maximum Gasteiger partial charge on any atom is 0.336 e. The Morgan fingerprint density at radius 3 is 2.48 bits per heavy atom. The highest BCUT2D eigenvalue weighted by Gasteiger charge is 2.14. The molecule has 0 spiro atoms. The smallest absolute Gasteiger partial charge is 0.336 e. The summed E-state index contributed by atoms with van der Waals surface area (Å²) in [6, 6.07) is 9.21. The van der Waals surface area contributed by atoms with Gasteiger partial charge in [0, 0.05) is 22.6 Å². The largest absolute Gasteiger partial charge is 0.423 e. The highest BCUT2D eigenvalue weighted by Crippen LogP contribution is 2.21. The highest BCUT2D eigenvalue weighted by atomic mass is 19.2. The second-order valence-electron chi connectivity index (χ2n) is 6.43. The standard InChI is InChI=1S/C20H19F2NO2/c1-11-6-16-15(9-20(24)25-19(16)7-12(11)2)10-23-13(3)14-4-5-17(21)18(22)8-14/h4-9,13,23H,10H2,1-3H3/p+1/t13-/m0/s1. The number of quaternary nitrogens is 1. The van der Waals surface area contributed by atoms with Gasteiger partial charge in [-0.05, 0) is 62.2 Å². The molecule has 1 aromatic heterocycles. The lowest BCUT2D eigenvalue weighted by Gasteiger charge is -2.13. The van der Waals surface area contributed by atoms with Crippen LogP contribution in [0.25, 0.3) is 11.0 Å². The van der Waals surface area contributed by atoms with E-state index in [1.165, 1.54) is 12.1 Å². The summed E-state index contributed by atoms with van der Waals surface area (Å²) in [7, 11) is 0. The molecule has 130 valence electrons. The van der Waals surface area contributed by atoms with Crippen LogP contribution in [0.5, 0.6) is 0 Å². The summed E-state index contributed by atoms with van der Waals surface area (Å²) in [4.78, 5) is 11.8. The Morgan fingerprint density at radius 2 is 1.76 bits per heavy atom. The lowest BCUT2D eigenvalue weighted by molar-refractivity contribution is -0.707. The minimum atomic E-state index is -0.853. The van der Waals surface area contributed by atoms with Crippen molar-refractivity contribution in [2.45, 2.75) is 33.4 Å². The third-order valence-electron chi connectivity index (χ3n) is 4.61. The summed E-state index contributed by atoms with van der Waals surface area (Å²) in [6.07, 6.45) is 0. The zero-order valence-electron chi connectivity index (χ0n) is 14.4. The van der Waals surface area contributed by atoms with E-state index in [0.717, 1.165) is 28.1 Å². The summed E-state index contributed by atoms with van der Waals surface area (Å²) in [5, 5.41) is 2.88. The predicted molar refractivity (Wildman–Crippen MR) is 92.4 cm³/mol. The molecule has 1 heterocycles. The van der Waals surface area contributed by atoms with E-state index in [1.807, 2.05) is 38.2 Å². The Hall–Kier alpha value is -2.53. The second-order valence-corrected chi connectivity index (χ2v) is 6.43. The van der Waals surface area contributed by atoms with Gasteiger partial charge in [0.1, 0.15) is 18.2 Å². The zero-order valence-corrected chi connectivity index (χ0v) is 14.4. The van der Waals surface area contributed by atoms with Crippen LogP contribution in [0.4, 0.5) is 8.78 Å². The maximum atomic E-state index is 13.4. The van der Waals surface area contributed by atoms with Crippen LogP contribution in [0.2, 0.25) is 0 Å². The predicted octanol–water partition coefficient (Wildman–Crippen LogP) is 3.51. The van der Waals surface area contributed by atoms with Crippen molar-refractivity contribution < 1.29 is 18.5 Å². The molecule has 0 bridgehead atoms. The molecular formula is C20H20F2NO2+. The molecular weight excluding hydrogens is 324 g/mol. The van der Waals surface area contributed by atoms with E-state index in [4.69, 9.17) is 4.42 Å². The molecule has 1 atom stereocenters. The van der Waals surface area contributed by atoms with Crippen molar-refractivity contribution in [3.8, 4) is 0 Å². The minimum Gasteiger partial charge on any atom is -0.423 e. The topological polar surface area (TPSA) is 46.8 Å². The SMILES string of the molecule is Cc1cc2oc(=O)cc(C[NH2+][C@@H](C)c3ccc(F)c(F)c3)c2cc1C. The number of rotatable bonds is 4. The van der Waals surface area contributed by atoms with Gasteiger partial charge in [-0.15, -0.1) is 0 Å². The van der Waals surface area contributed by atoms with Crippen LogP contribution in [0, 0.1) is 25.5 Å². The van der Waals surface area contributed by atoms with Crippen LogP contribution in [0.3, 0.4) is 0 Å². The molecule has 0 saturated heterocycles. The molecule has 0 radical (unpaired) electrons. The van der Waals surface area contributed by atoms with Crippen molar-refractivity contribution in [2.75, 3.05) is 0 Å². The first-order valence-corrected chi connectivity index (χ1v) is 8.17. The van der Waals surface area contributed by atoms with Gasteiger partial charge < -0.3 is 9.73 Å². The van der Waals surface area contributed by atoms with Crippen LogP contribution in [-0.4, -0.2) is 0 Å². The minimum absolute atomic E-state index is 0.0797. The van der Waals surface area contributed by atoms with E-state index in [0.29, 0.717) is 17.7 Å². The number of benzene rings is 2. The molecule has 0 amide bonds. The summed E-state index contributed by atoms with van der Waals surface area (Å²) in [5.74, 6) is -1.71. The molecule has 2 aromatic carbocycles. The summed E-state index contributed by atoms with van der Waals surface area (Å²) in [6.45, 7) is 6.43. The van der Waals surface area contributed by atoms with Gasteiger partial charge >= 0.3 is 5.63 Å². The van der Waals surface area contributed by atoms with E-state index >= 15 is 0 Å².